The van der Waals surface area contributed by atoms with Crippen LogP contribution in [0, 0.1) is 0 Å². The highest BCUT2D eigenvalue weighted by Gasteiger charge is 2.33. The van der Waals surface area contributed by atoms with E-state index in [1.54, 1.807) is 0 Å². The number of hydrogen-bond donors (Lipinski definition) is 0. The molecule has 0 saturated heterocycles. The van der Waals surface area contributed by atoms with Crippen molar-refractivity contribution in [3.05, 3.63) is 35.9 Å². The normalized spacial score (nSPS) is 16.6. The molecule has 0 aliphatic carbocycles. The Kier molecular flexibility index (Phi) is 3.73. The summed E-state index contributed by atoms with van der Waals surface area (Å²) in [6, 6.07) is 10.4. The van der Waals surface area contributed by atoms with E-state index in [1.807, 2.05) is 6.07 Å². The van der Waals surface area contributed by atoms with Crippen molar-refractivity contribution in [2.24, 2.45) is 4.76 Å². The van der Waals surface area contributed by atoms with Crippen LogP contribution in [0.4, 0.5) is 0 Å². The Morgan fingerprint density at radius 2 is 1.73 bits per heavy atom. The first-order valence-corrected chi connectivity index (χ1v) is 6.57. The summed E-state index contributed by atoms with van der Waals surface area (Å²) in [7, 11) is -0.674. The third kappa shape index (κ3) is 3.46. The van der Waals surface area contributed by atoms with Crippen LogP contribution in [0.15, 0.2) is 35.1 Å². The Balaban J connectivity index is 2.83. The van der Waals surface area contributed by atoms with E-state index < -0.39 is 7.29 Å². The average Bonchev–Trinajstić information content (AvgIpc) is 2.15. The SMILES string of the molecule is [BH3-][P+](C)(/N=C/c1ccccc1)C(C)(C)C. The monoisotopic (exact) mass is 221 g/mol. The molecule has 3 heteroatoms. The molecule has 0 N–H and O–H groups in total. The van der Waals surface area contributed by atoms with Gasteiger partial charge in [0, 0.05) is 6.66 Å². The van der Waals surface area contributed by atoms with Gasteiger partial charge in [-0.2, -0.15) is 4.76 Å². The van der Waals surface area contributed by atoms with E-state index in [9.17, 15) is 0 Å². The maximum absolute atomic E-state index is 4.89. The van der Waals surface area contributed by atoms with Crippen molar-refractivity contribution in [3.63, 3.8) is 0 Å². The predicted octanol–water partition coefficient (Wildman–Crippen LogP) is 2.75. The van der Waals surface area contributed by atoms with Crippen molar-refractivity contribution in [1.29, 1.82) is 0 Å². The summed E-state index contributed by atoms with van der Waals surface area (Å²) in [5, 5.41) is 0.401. The molecule has 1 aromatic rings. The first-order chi connectivity index (χ1) is 6.83. The minimum atomic E-state index is -0.972. The predicted molar refractivity (Wildman–Crippen MR) is 76.6 cm³/mol. The smallest absolute Gasteiger partial charge is 0.153 e. The van der Waals surface area contributed by atoms with E-state index in [1.165, 1.54) is 5.56 Å². The topological polar surface area (TPSA) is 12.4 Å². The molecule has 1 atom stereocenters. The third-order valence-corrected chi connectivity index (χ3v) is 4.55. The molecule has 1 unspecified atom stereocenters. The summed E-state index contributed by atoms with van der Waals surface area (Å²) >= 11 is 0. The van der Waals surface area contributed by atoms with Gasteiger partial charge in [-0.15, -0.1) is 0 Å². The van der Waals surface area contributed by atoms with Gasteiger partial charge in [-0.3, -0.25) is 0 Å². The van der Waals surface area contributed by atoms with E-state index in [-0.39, 0.29) is 0 Å². The molecular formula is C12H21BNP. The molecule has 1 rings (SSSR count). The Morgan fingerprint density at radius 1 is 1.20 bits per heavy atom. The molecule has 0 spiro atoms. The zero-order valence-corrected chi connectivity index (χ0v) is 10.3. The minimum Gasteiger partial charge on any atom is -0.185 e. The van der Waals surface area contributed by atoms with Crippen LogP contribution in [0.25, 0.3) is 0 Å². The van der Waals surface area contributed by atoms with E-state index in [0.29, 0.717) is 12.7 Å². The molecule has 0 heterocycles. The van der Waals surface area contributed by atoms with Crippen LogP contribution in [-0.4, -0.2) is 25.6 Å². The first kappa shape index (κ1) is 12.5. The number of nitrogens with zero attached hydrogens (tertiary/aromatic N) is 1. The van der Waals surface area contributed by atoms with Crippen LogP contribution < -0.4 is 0 Å². The summed E-state index contributed by atoms with van der Waals surface area (Å²) in [6.45, 7) is 9.38. The van der Waals surface area contributed by atoms with Gasteiger partial charge < -0.3 is 0 Å². The van der Waals surface area contributed by atoms with Crippen LogP contribution in [0.2, 0.25) is 0 Å². The maximum atomic E-state index is 4.89. The van der Waals surface area contributed by atoms with Crippen LogP contribution in [0.5, 0.6) is 0 Å². The van der Waals surface area contributed by atoms with Crippen molar-refractivity contribution in [2.45, 2.75) is 25.9 Å². The lowest BCUT2D eigenvalue weighted by molar-refractivity contribution is 0.781. The van der Waals surface area contributed by atoms with E-state index in [4.69, 9.17) is 4.76 Å². The largest absolute Gasteiger partial charge is 0.185 e. The minimum absolute atomic E-state index is 0.299. The molecule has 0 aliphatic heterocycles. The Hall–Kier alpha value is -0.615. The molecule has 82 valence electrons. The van der Waals surface area contributed by atoms with E-state index in [2.05, 4.69) is 57.9 Å². The second-order valence-corrected chi connectivity index (χ2v) is 6.97. The van der Waals surface area contributed by atoms with E-state index >= 15 is 0 Å². The lowest BCUT2D eigenvalue weighted by Gasteiger charge is -2.33. The number of hydrogen-bond acceptors (Lipinski definition) is 1. The number of rotatable bonds is 2. The van der Waals surface area contributed by atoms with Crippen molar-refractivity contribution >= 4 is 21.1 Å². The molecule has 0 aromatic heterocycles. The molecule has 0 saturated carbocycles. The highest BCUT2D eigenvalue weighted by molar-refractivity contribution is 7.97. The third-order valence-electron chi connectivity index (χ3n) is 2.15. The van der Waals surface area contributed by atoms with Gasteiger partial charge in [0.25, 0.3) is 0 Å². The second kappa shape index (κ2) is 4.49. The van der Waals surface area contributed by atoms with Crippen molar-refractivity contribution in [2.75, 3.05) is 6.66 Å². The highest BCUT2D eigenvalue weighted by Crippen LogP contribution is 2.62. The molecule has 1 nitrogen and oxygen atoms in total. The summed E-state index contributed by atoms with van der Waals surface area (Å²) in [5.41, 5.74) is 1.23. The van der Waals surface area contributed by atoms with Crippen LogP contribution >= 0.6 is 7.29 Å². The Morgan fingerprint density at radius 3 is 2.20 bits per heavy atom. The van der Waals surface area contributed by atoms with Crippen molar-refractivity contribution in [1.82, 2.24) is 0 Å². The second-order valence-electron chi connectivity index (χ2n) is 4.35. The first-order valence-electron chi connectivity index (χ1n) is 4.83. The fraction of sp³-hybridized carbons (Fsp3) is 0.417. The van der Waals surface area contributed by atoms with Gasteiger partial charge in [0.05, 0.1) is 11.4 Å². The van der Waals surface area contributed by atoms with E-state index in [0.717, 1.165) is 0 Å². The summed E-state index contributed by atoms with van der Waals surface area (Å²) < 4.78 is 4.89. The molecule has 0 bridgehead atoms. The Labute approximate surface area is 94.8 Å². The fourth-order valence-corrected chi connectivity index (χ4v) is 1.52. The molecule has 15 heavy (non-hydrogen) atoms. The van der Waals surface area contributed by atoms with Crippen LogP contribution in [0.1, 0.15) is 26.3 Å². The van der Waals surface area contributed by atoms with Gasteiger partial charge >= 0.3 is 0 Å². The lowest BCUT2D eigenvalue weighted by atomic mass is 10.2. The highest BCUT2D eigenvalue weighted by atomic mass is 31.2. The van der Waals surface area contributed by atoms with Gasteiger partial charge in [0.2, 0.25) is 0 Å². The molecule has 0 radical (unpaired) electrons. The summed E-state index contributed by atoms with van der Waals surface area (Å²) in [5.74, 6) is 0. The molecule has 0 fully saturated rings. The van der Waals surface area contributed by atoms with Crippen molar-refractivity contribution < 1.29 is 0 Å². The lowest BCUT2D eigenvalue weighted by Crippen LogP contribution is -2.18. The molecular weight excluding hydrogens is 200 g/mol. The molecule has 0 amide bonds. The summed E-state index contributed by atoms with van der Waals surface area (Å²) in [4.78, 5) is 0. The standard InChI is InChI=1S/C12H21BNP/c1-12(2,3)15(4,13)14-10-11-8-6-5-7-9-11/h5-10H,1-4,13H3/b14-10+. The van der Waals surface area contributed by atoms with Gasteiger partial charge in [0.15, 0.2) is 7.57 Å². The van der Waals surface area contributed by atoms with Gasteiger partial charge in [-0.25, -0.2) is 0 Å². The van der Waals surface area contributed by atoms with Crippen molar-refractivity contribution in [3.8, 4) is 0 Å². The molecule has 0 aliphatic rings. The maximum Gasteiger partial charge on any atom is 0.153 e. The van der Waals surface area contributed by atoms with Crippen LogP contribution in [-0.2, 0) is 0 Å². The summed E-state index contributed by atoms with van der Waals surface area (Å²) in [6.07, 6.45) is 2.08. The van der Waals surface area contributed by atoms with Gasteiger partial charge in [-0.1, -0.05) is 30.3 Å². The van der Waals surface area contributed by atoms with Crippen LogP contribution in [0.3, 0.4) is 0 Å². The zero-order valence-electron chi connectivity index (χ0n) is 9.36. The number of benzene rings is 1. The Bertz CT molecular complexity index is 338. The zero-order chi connectivity index (χ0) is 11.5. The molecule has 1 aromatic carbocycles. The van der Waals surface area contributed by atoms with Gasteiger partial charge in [0.1, 0.15) is 0 Å². The fourth-order valence-electron chi connectivity index (χ4n) is 0.866. The average molecular weight is 221 g/mol. The quantitative estimate of drug-likeness (QED) is 0.413. The van der Waals surface area contributed by atoms with Gasteiger partial charge in [-0.05, 0) is 33.6 Å².